The van der Waals surface area contributed by atoms with Gasteiger partial charge in [0.05, 0.1) is 0 Å². The number of hydrogen-bond acceptors (Lipinski definition) is 2. The SMILES string of the molecule is CC1(C)CCC(C)(C)c2cc(N(c3ccc(-c4ccccc4)cc3)c3ccc(-c4ccc5c(c4)C4(c6ccccc6O5)C5CC6CC(C5)CC4C6)cc3)ccc21. The summed E-state index contributed by atoms with van der Waals surface area (Å²) in [4.78, 5) is 2.46. The topological polar surface area (TPSA) is 12.5 Å². The zero-order valence-corrected chi connectivity index (χ0v) is 33.4. The number of para-hydroxylation sites is 1. The molecule has 4 saturated carbocycles. The number of fused-ring (bicyclic) bond motifs is 3. The van der Waals surface area contributed by atoms with Crippen LogP contribution in [-0.4, -0.2) is 0 Å². The highest BCUT2D eigenvalue weighted by atomic mass is 16.5. The van der Waals surface area contributed by atoms with Crippen molar-refractivity contribution in [1.29, 1.82) is 0 Å². The smallest absolute Gasteiger partial charge is 0.131 e. The molecule has 1 spiro atoms. The van der Waals surface area contributed by atoms with Crippen LogP contribution in [0.5, 0.6) is 11.5 Å². The summed E-state index contributed by atoms with van der Waals surface area (Å²) >= 11 is 0. The molecule has 2 heteroatoms. The zero-order chi connectivity index (χ0) is 37.8. The highest BCUT2D eigenvalue weighted by molar-refractivity contribution is 5.81. The second kappa shape index (κ2) is 12.5. The van der Waals surface area contributed by atoms with Crippen molar-refractivity contribution in [2.75, 3.05) is 4.90 Å². The minimum absolute atomic E-state index is 0.0467. The average molecular weight is 732 g/mol. The highest BCUT2D eigenvalue weighted by Gasteiger charge is 2.61. The third-order valence-electron chi connectivity index (χ3n) is 15.2. The van der Waals surface area contributed by atoms with E-state index in [1.807, 2.05) is 0 Å². The minimum atomic E-state index is 0.0467. The van der Waals surface area contributed by atoms with Crippen LogP contribution < -0.4 is 9.64 Å². The molecule has 6 aliphatic rings. The Hall–Kier alpha value is -5.08. The van der Waals surface area contributed by atoms with Crippen molar-refractivity contribution in [2.24, 2.45) is 23.7 Å². The molecule has 0 atom stereocenters. The molecule has 12 rings (SSSR count). The lowest BCUT2D eigenvalue weighted by atomic mass is 9.41. The first kappa shape index (κ1) is 34.2. The Balaban J connectivity index is 1.000. The summed E-state index contributed by atoms with van der Waals surface area (Å²) in [7, 11) is 0. The van der Waals surface area contributed by atoms with Gasteiger partial charge in [-0.15, -0.1) is 0 Å². The summed E-state index contributed by atoms with van der Waals surface area (Å²) < 4.78 is 6.74. The van der Waals surface area contributed by atoms with Crippen LogP contribution in [0.25, 0.3) is 22.3 Å². The first-order valence-corrected chi connectivity index (χ1v) is 21.3. The quantitative estimate of drug-likeness (QED) is 0.175. The predicted molar refractivity (Wildman–Crippen MR) is 232 cm³/mol. The van der Waals surface area contributed by atoms with Crippen molar-refractivity contribution in [3.8, 4) is 33.8 Å². The molecule has 0 amide bonds. The lowest BCUT2D eigenvalue weighted by Gasteiger charge is -2.63. The molecular weight excluding hydrogens is 679 g/mol. The largest absolute Gasteiger partial charge is 0.457 e. The molecule has 0 N–H and O–H groups in total. The fourth-order valence-electron chi connectivity index (χ4n) is 12.5. The average Bonchev–Trinajstić information content (AvgIpc) is 3.22. The number of benzene rings is 6. The Kier molecular flexibility index (Phi) is 7.61. The maximum absolute atomic E-state index is 6.74. The van der Waals surface area contributed by atoms with E-state index in [-0.39, 0.29) is 16.2 Å². The van der Waals surface area contributed by atoms with E-state index < -0.39 is 0 Å². The normalized spacial score (nSPS) is 25.9. The van der Waals surface area contributed by atoms with Gasteiger partial charge in [-0.2, -0.15) is 0 Å². The van der Waals surface area contributed by atoms with Gasteiger partial charge in [0.15, 0.2) is 0 Å². The van der Waals surface area contributed by atoms with Crippen molar-refractivity contribution in [3.05, 3.63) is 162 Å². The fourth-order valence-corrected chi connectivity index (χ4v) is 12.5. The van der Waals surface area contributed by atoms with Crippen LogP contribution in [0, 0.1) is 23.7 Å². The summed E-state index contributed by atoms with van der Waals surface area (Å²) in [6, 6.07) is 52.5. The third kappa shape index (κ3) is 5.20. The molecule has 280 valence electrons. The number of hydrogen-bond donors (Lipinski definition) is 0. The van der Waals surface area contributed by atoms with Crippen LogP contribution >= 0.6 is 0 Å². The molecule has 2 nitrogen and oxygen atoms in total. The Labute approximate surface area is 333 Å². The van der Waals surface area contributed by atoms with Gasteiger partial charge in [-0.25, -0.2) is 0 Å². The Bertz CT molecular complexity index is 2430. The van der Waals surface area contributed by atoms with Crippen molar-refractivity contribution >= 4 is 17.1 Å². The van der Waals surface area contributed by atoms with Gasteiger partial charge in [-0.05, 0) is 167 Å². The molecule has 56 heavy (non-hydrogen) atoms. The Morgan fingerprint density at radius 1 is 0.429 bits per heavy atom. The van der Waals surface area contributed by atoms with E-state index in [0.717, 1.165) is 23.3 Å². The molecular formula is C54H53NO. The monoisotopic (exact) mass is 731 g/mol. The van der Waals surface area contributed by atoms with Crippen molar-refractivity contribution in [3.63, 3.8) is 0 Å². The second-order valence-electron chi connectivity index (χ2n) is 19.3. The van der Waals surface area contributed by atoms with Gasteiger partial charge in [0.25, 0.3) is 0 Å². The number of ether oxygens (including phenoxy) is 1. The van der Waals surface area contributed by atoms with E-state index in [1.165, 1.54) is 107 Å². The van der Waals surface area contributed by atoms with E-state index in [1.54, 1.807) is 0 Å². The van der Waals surface area contributed by atoms with Gasteiger partial charge >= 0.3 is 0 Å². The van der Waals surface area contributed by atoms with E-state index in [0.29, 0.717) is 11.8 Å². The van der Waals surface area contributed by atoms with Crippen LogP contribution in [0.3, 0.4) is 0 Å². The maximum atomic E-state index is 6.74. The van der Waals surface area contributed by atoms with Crippen LogP contribution in [0.1, 0.15) is 94.9 Å². The van der Waals surface area contributed by atoms with Gasteiger partial charge in [-0.1, -0.05) is 113 Å². The summed E-state index contributed by atoms with van der Waals surface area (Å²) in [6.45, 7) is 9.68. The number of anilines is 3. The molecule has 1 aliphatic heterocycles. The molecule has 0 radical (unpaired) electrons. The molecule has 6 aromatic carbocycles. The highest BCUT2D eigenvalue weighted by Crippen LogP contribution is 2.69. The van der Waals surface area contributed by atoms with Crippen LogP contribution in [-0.2, 0) is 16.2 Å². The Morgan fingerprint density at radius 2 is 0.946 bits per heavy atom. The Morgan fingerprint density at radius 3 is 1.61 bits per heavy atom. The molecule has 0 aromatic heterocycles. The van der Waals surface area contributed by atoms with Crippen LogP contribution in [0.2, 0.25) is 0 Å². The van der Waals surface area contributed by atoms with E-state index in [9.17, 15) is 0 Å². The van der Waals surface area contributed by atoms with Crippen molar-refractivity contribution in [2.45, 2.75) is 88.9 Å². The van der Waals surface area contributed by atoms with E-state index in [2.05, 4.69) is 172 Å². The van der Waals surface area contributed by atoms with Crippen molar-refractivity contribution in [1.82, 2.24) is 0 Å². The first-order valence-electron chi connectivity index (χ1n) is 21.3. The molecule has 6 aromatic rings. The predicted octanol–water partition coefficient (Wildman–Crippen LogP) is 14.7. The number of rotatable bonds is 5. The summed E-state index contributed by atoms with van der Waals surface area (Å²) in [5.41, 5.74) is 14.7. The van der Waals surface area contributed by atoms with E-state index in [4.69, 9.17) is 4.74 Å². The van der Waals surface area contributed by atoms with Gasteiger partial charge in [0.1, 0.15) is 11.5 Å². The molecule has 0 unspecified atom stereocenters. The summed E-state index contributed by atoms with van der Waals surface area (Å²) in [5, 5.41) is 0. The fraction of sp³-hybridized carbons (Fsp3) is 0.333. The van der Waals surface area contributed by atoms with Crippen LogP contribution in [0.4, 0.5) is 17.1 Å². The van der Waals surface area contributed by atoms with Gasteiger partial charge in [-0.3, -0.25) is 0 Å². The van der Waals surface area contributed by atoms with Gasteiger partial charge in [0, 0.05) is 33.6 Å². The number of nitrogens with zero attached hydrogens (tertiary/aromatic N) is 1. The minimum Gasteiger partial charge on any atom is -0.457 e. The van der Waals surface area contributed by atoms with E-state index >= 15 is 0 Å². The summed E-state index contributed by atoms with van der Waals surface area (Å²) in [5.74, 6) is 5.34. The third-order valence-corrected chi connectivity index (χ3v) is 15.2. The lowest BCUT2D eigenvalue weighted by Crippen LogP contribution is -2.56. The van der Waals surface area contributed by atoms with Gasteiger partial charge in [0.2, 0.25) is 0 Å². The first-order chi connectivity index (χ1) is 27.2. The molecule has 4 bridgehead atoms. The second-order valence-corrected chi connectivity index (χ2v) is 19.3. The molecule has 5 aliphatic carbocycles. The zero-order valence-electron chi connectivity index (χ0n) is 33.4. The molecule has 4 fully saturated rings. The maximum Gasteiger partial charge on any atom is 0.131 e. The molecule has 0 saturated heterocycles. The summed E-state index contributed by atoms with van der Waals surface area (Å²) in [6.07, 6.45) is 9.30. The van der Waals surface area contributed by atoms with Gasteiger partial charge < -0.3 is 9.64 Å². The van der Waals surface area contributed by atoms with Crippen LogP contribution in [0.15, 0.2) is 140 Å². The van der Waals surface area contributed by atoms with Crippen molar-refractivity contribution < 1.29 is 4.74 Å². The molecule has 1 heterocycles. The standard InChI is InChI=1S/C54H53NO/c1-52(2)26-27-53(3,4)48-34-45(23-24-46(48)52)55(43-19-14-38(15-20-43)37-10-6-5-7-11-37)44-21-16-39(17-22-44)40-18-25-51-49(33-40)54(47-12-8-9-13-50(47)56-51)41-29-35-28-36(31-41)32-42(54)30-35/h5-25,33-36,41-42H,26-32H2,1-4H3. The lowest BCUT2D eigenvalue weighted by molar-refractivity contribution is -0.0452.